The van der Waals surface area contributed by atoms with Crippen LogP contribution >= 0.6 is 0 Å². The first-order valence-corrected chi connectivity index (χ1v) is 3.34. The van der Waals surface area contributed by atoms with E-state index in [4.69, 9.17) is 0 Å². The molecule has 0 radical (unpaired) electrons. The van der Waals surface area contributed by atoms with E-state index in [1.807, 2.05) is 13.0 Å². The van der Waals surface area contributed by atoms with Crippen molar-refractivity contribution in [3.63, 3.8) is 0 Å². The molecular weight excluding hydrogens is 142 g/mol. The Morgan fingerprint density at radius 1 is 1.73 bits per heavy atom. The van der Waals surface area contributed by atoms with Gasteiger partial charge < -0.3 is 9.90 Å². The van der Waals surface area contributed by atoms with Crippen molar-refractivity contribution in [1.29, 1.82) is 0 Å². The van der Waals surface area contributed by atoms with Crippen LogP contribution in [0, 0.1) is 6.92 Å². The van der Waals surface area contributed by atoms with Crippen LogP contribution in [0.3, 0.4) is 0 Å². The van der Waals surface area contributed by atoms with Gasteiger partial charge in [0.25, 0.3) is 0 Å². The molecule has 1 aromatic heterocycles. The zero-order valence-corrected chi connectivity index (χ0v) is 6.28. The van der Waals surface area contributed by atoms with Crippen molar-refractivity contribution < 1.29 is 14.5 Å². The smallest absolute Gasteiger partial charge is 0.187 e. The first-order chi connectivity index (χ1) is 5.18. The number of carbonyl (C=O) groups excluding carboxylic acids is 1. The molecule has 0 saturated heterocycles. The van der Waals surface area contributed by atoms with Gasteiger partial charge in [-0.25, -0.2) is 0 Å². The lowest BCUT2D eigenvalue weighted by Crippen LogP contribution is -2.43. The molecule has 0 fully saturated rings. The van der Waals surface area contributed by atoms with Gasteiger partial charge in [0.15, 0.2) is 18.9 Å². The maximum absolute atomic E-state index is 10.1. The van der Waals surface area contributed by atoms with Gasteiger partial charge in [-0.05, 0) is 13.0 Å². The van der Waals surface area contributed by atoms with Crippen molar-refractivity contribution in [2.45, 2.75) is 13.5 Å². The first-order valence-electron chi connectivity index (χ1n) is 3.34. The summed E-state index contributed by atoms with van der Waals surface area (Å²) in [6, 6.07) is 3.71. The number of carboxylic acids is 1. The summed E-state index contributed by atoms with van der Waals surface area (Å²) in [4.78, 5) is 10.1. The van der Waals surface area contributed by atoms with Crippen molar-refractivity contribution in [1.82, 2.24) is 0 Å². The number of hydrogen-bond donors (Lipinski definition) is 0. The lowest BCUT2D eigenvalue weighted by atomic mass is 10.3. The van der Waals surface area contributed by atoms with Gasteiger partial charge in [0, 0.05) is 11.6 Å². The average molecular weight is 151 g/mol. The molecule has 0 amide bonds. The maximum atomic E-state index is 10.1. The molecule has 0 bridgehead atoms. The molecule has 11 heavy (non-hydrogen) atoms. The van der Waals surface area contributed by atoms with E-state index in [2.05, 4.69) is 0 Å². The number of aryl methyl sites for hydroxylation is 1. The molecule has 0 saturated carbocycles. The van der Waals surface area contributed by atoms with E-state index in [0.717, 1.165) is 5.56 Å². The van der Waals surface area contributed by atoms with Gasteiger partial charge in [0.05, 0.1) is 0 Å². The van der Waals surface area contributed by atoms with E-state index in [1.54, 1.807) is 23.0 Å². The highest BCUT2D eigenvalue weighted by Crippen LogP contribution is 1.88. The number of carbonyl (C=O) groups is 1. The van der Waals surface area contributed by atoms with Gasteiger partial charge in [-0.3, -0.25) is 0 Å². The molecule has 1 aromatic rings. The lowest BCUT2D eigenvalue weighted by Gasteiger charge is -1.97. The zero-order chi connectivity index (χ0) is 8.27. The van der Waals surface area contributed by atoms with E-state index < -0.39 is 5.97 Å². The van der Waals surface area contributed by atoms with Crippen LogP contribution in [0.4, 0.5) is 0 Å². The summed E-state index contributed by atoms with van der Waals surface area (Å²) in [6.07, 6.45) is 3.46. The second-order valence-corrected chi connectivity index (χ2v) is 2.43. The summed E-state index contributed by atoms with van der Waals surface area (Å²) in [5.41, 5.74) is 1.04. The Labute approximate surface area is 64.9 Å². The van der Waals surface area contributed by atoms with Crippen molar-refractivity contribution in [2.75, 3.05) is 0 Å². The molecule has 58 valence electrons. The minimum Gasteiger partial charge on any atom is -0.544 e. The summed E-state index contributed by atoms with van der Waals surface area (Å²) in [7, 11) is 0. The molecule has 3 nitrogen and oxygen atoms in total. The molecule has 1 rings (SSSR count). The quantitative estimate of drug-likeness (QED) is 0.510. The molecule has 0 aromatic carbocycles. The number of pyridine rings is 1. The molecule has 0 N–H and O–H groups in total. The second-order valence-electron chi connectivity index (χ2n) is 2.43. The van der Waals surface area contributed by atoms with Crippen LogP contribution in [0.1, 0.15) is 5.56 Å². The maximum Gasteiger partial charge on any atom is 0.187 e. The third-order valence-corrected chi connectivity index (χ3v) is 1.32. The number of hydrogen-bond acceptors (Lipinski definition) is 2. The van der Waals surface area contributed by atoms with Gasteiger partial charge in [-0.1, -0.05) is 0 Å². The standard InChI is InChI=1S/C8H9NO2/c1-7-3-2-4-9(5-7)6-8(10)11/h2-5H,6H2,1H3. The topological polar surface area (TPSA) is 44.0 Å². The average Bonchev–Trinajstić information content (AvgIpc) is 1.85. The minimum atomic E-state index is -1.07. The monoisotopic (exact) mass is 151 g/mol. The summed E-state index contributed by atoms with van der Waals surface area (Å²) < 4.78 is 1.57. The van der Waals surface area contributed by atoms with E-state index in [1.165, 1.54) is 0 Å². The Balaban J connectivity index is 2.79. The van der Waals surface area contributed by atoms with Crippen molar-refractivity contribution >= 4 is 5.97 Å². The summed E-state index contributed by atoms with van der Waals surface area (Å²) in [6.45, 7) is 1.83. The minimum absolute atomic E-state index is 0.0817. The summed E-state index contributed by atoms with van der Waals surface area (Å²) in [5, 5.41) is 10.1. The number of aliphatic carboxylic acids is 1. The van der Waals surface area contributed by atoms with Crippen LogP contribution in [-0.4, -0.2) is 5.97 Å². The van der Waals surface area contributed by atoms with Crippen LogP contribution < -0.4 is 9.67 Å². The highest BCUT2D eigenvalue weighted by Gasteiger charge is 1.98. The van der Waals surface area contributed by atoms with Gasteiger partial charge in [0.1, 0.15) is 5.97 Å². The van der Waals surface area contributed by atoms with Crippen LogP contribution in [-0.2, 0) is 11.3 Å². The fourth-order valence-electron chi connectivity index (χ4n) is 0.900. The largest absolute Gasteiger partial charge is 0.544 e. The van der Waals surface area contributed by atoms with Gasteiger partial charge in [-0.15, -0.1) is 0 Å². The molecule has 3 heteroatoms. The van der Waals surface area contributed by atoms with Crippen LogP contribution in [0.2, 0.25) is 0 Å². The summed E-state index contributed by atoms with van der Waals surface area (Å²) in [5.74, 6) is -1.07. The van der Waals surface area contributed by atoms with E-state index in [-0.39, 0.29) is 6.54 Å². The van der Waals surface area contributed by atoms with Crippen molar-refractivity contribution in [3.8, 4) is 0 Å². The Morgan fingerprint density at radius 2 is 2.45 bits per heavy atom. The van der Waals surface area contributed by atoms with E-state index >= 15 is 0 Å². The molecule has 0 aliphatic heterocycles. The Hall–Kier alpha value is -1.38. The molecule has 0 aliphatic carbocycles. The molecule has 0 atom stereocenters. The van der Waals surface area contributed by atoms with Crippen LogP contribution in [0.15, 0.2) is 24.5 Å². The molecule has 0 aliphatic rings. The van der Waals surface area contributed by atoms with Gasteiger partial charge >= 0.3 is 0 Å². The number of aromatic nitrogens is 1. The first kappa shape index (κ1) is 7.72. The highest BCUT2D eigenvalue weighted by molar-refractivity contribution is 5.62. The molecule has 0 unspecified atom stereocenters. The van der Waals surface area contributed by atoms with Crippen molar-refractivity contribution in [3.05, 3.63) is 30.1 Å². The van der Waals surface area contributed by atoms with Crippen molar-refractivity contribution in [2.24, 2.45) is 0 Å². The molecule has 1 heterocycles. The van der Waals surface area contributed by atoms with Crippen LogP contribution in [0.5, 0.6) is 0 Å². The Kier molecular flexibility index (Phi) is 2.21. The number of carboxylic acid groups (broad SMARTS) is 1. The van der Waals surface area contributed by atoms with Crippen LogP contribution in [0.25, 0.3) is 0 Å². The third-order valence-electron chi connectivity index (χ3n) is 1.32. The molecule has 0 spiro atoms. The number of nitrogens with zero attached hydrogens (tertiary/aromatic N) is 1. The predicted octanol–water partition coefficient (Wildman–Crippen LogP) is -0.968. The lowest BCUT2D eigenvalue weighted by molar-refractivity contribution is -0.691. The van der Waals surface area contributed by atoms with Gasteiger partial charge in [0.2, 0.25) is 0 Å². The predicted molar refractivity (Wildman–Crippen MR) is 36.4 cm³/mol. The Morgan fingerprint density at radius 3 is 3.00 bits per heavy atom. The van der Waals surface area contributed by atoms with Gasteiger partial charge in [-0.2, -0.15) is 4.57 Å². The highest BCUT2D eigenvalue weighted by atomic mass is 16.4. The fraction of sp³-hybridized carbons (Fsp3) is 0.250. The van der Waals surface area contributed by atoms with E-state index in [0.29, 0.717) is 0 Å². The Bertz CT molecular complexity index is 271. The normalized spacial score (nSPS) is 9.55. The SMILES string of the molecule is Cc1ccc[n+](CC(=O)[O-])c1. The fourth-order valence-corrected chi connectivity index (χ4v) is 0.900. The molecular formula is C8H9NO2. The summed E-state index contributed by atoms with van der Waals surface area (Å²) >= 11 is 0. The zero-order valence-electron chi connectivity index (χ0n) is 6.28. The second kappa shape index (κ2) is 3.14. The third kappa shape index (κ3) is 2.37. The van der Waals surface area contributed by atoms with E-state index in [9.17, 15) is 9.90 Å². The number of rotatable bonds is 2.